The first-order chi connectivity index (χ1) is 29.2. The average Bonchev–Trinajstić information content (AvgIpc) is 3.53. The molecule has 1 atom stereocenters. The van der Waals surface area contributed by atoms with Crippen LogP contribution in [0.2, 0.25) is 0 Å². The van der Waals surface area contributed by atoms with E-state index in [4.69, 9.17) is 10.7 Å². The zero-order chi connectivity index (χ0) is 41.6. The lowest BCUT2D eigenvalue weighted by Gasteiger charge is -2.33. The molecular formula is C45H58N10O5. The van der Waals surface area contributed by atoms with E-state index in [1.54, 1.807) is 12.3 Å². The Labute approximate surface area is 351 Å². The quantitative estimate of drug-likeness (QED) is 0.124. The van der Waals surface area contributed by atoms with Crippen LogP contribution in [-0.4, -0.2) is 114 Å². The minimum absolute atomic E-state index is 0.0915. The Hall–Kier alpha value is -5.41. The number of unbranched alkanes of at least 4 members (excludes halogenated alkanes) is 1. The number of fused-ring (bicyclic) bond motifs is 1. The second-order valence-corrected chi connectivity index (χ2v) is 17.0. The predicted octanol–water partition coefficient (Wildman–Crippen LogP) is 4.57. The number of anilines is 4. The van der Waals surface area contributed by atoms with Gasteiger partial charge in [0.05, 0.1) is 23.0 Å². The number of amides is 5. The summed E-state index contributed by atoms with van der Waals surface area (Å²) in [6, 6.07) is 12.9. The van der Waals surface area contributed by atoms with E-state index in [2.05, 4.69) is 47.8 Å². The van der Waals surface area contributed by atoms with E-state index in [-0.39, 0.29) is 24.4 Å². The fraction of sp³-hybridized carbons (Fsp3) is 0.533. The third kappa shape index (κ3) is 9.31. The SMILES string of the molecule is NC(=O)c1ncc(N2CCCCC2)nc1Nc1ccc(C2CCN(CCCCN(CCC3CCNCC3)c3cccc4c3C(=O)N(C3CCC(=O)NC3=O)C4=O)CC2)cc1. The predicted molar refractivity (Wildman–Crippen MR) is 230 cm³/mol. The number of carbonyl (C=O) groups is 5. The van der Waals surface area contributed by atoms with Crippen LogP contribution in [0.15, 0.2) is 48.7 Å². The van der Waals surface area contributed by atoms with Gasteiger partial charge >= 0.3 is 0 Å². The molecule has 1 aromatic heterocycles. The van der Waals surface area contributed by atoms with Gasteiger partial charge in [-0.3, -0.25) is 34.2 Å². The Morgan fingerprint density at radius 3 is 2.37 bits per heavy atom. The number of imide groups is 2. The maximum Gasteiger partial charge on any atom is 0.271 e. The number of hydrogen-bond acceptors (Lipinski definition) is 12. The van der Waals surface area contributed by atoms with Crippen LogP contribution in [0.3, 0.4) is 0 Å². The zero-order valence-corrected chi connectivity index (χ0v) is 34.5. The molecule has 5 aliphatic heterocycles. The van der Waals surface area contributed by atoms with Gasteiger partial charge in [0.2, 0.25) is 11.8 Å². The third-order valence-corrected chi connectivity index (χ3v) is 13.1. The van der Waals surface area contributed by atoms with Crippen molar-refractivity contribution in [2.24, 2.45) is 11.7 Å². The molecule has 8 rings (SSSR count). The van der Waals surface area contributed by atoms with Gasteiger partial charge in [0.15, 0.2) is 11.5 Å². The number of likely N-dealkylation sites (tertiary alicyclic amines) is 1. The van der Waals surface area contributed by atoms with Crippen molar-refractivity contribution in [3.63, 3.8) is 0 Å². The van der Waals surface area contributed by atoms with Crippen LogP contribution in [0, 0.1) is 5.92 Å². The molecule has 6 heterocycles. The topological polar surface area (TPSA) is 186 Å². The molecular weight excluding hydrogens is 761 g/mol. The number of benzene rings is 2. The Balaban J connectivity index is 0.855. The molecule has 15 nitrogen and oxygen atoms in total. The van der Waals surface area contributed by atoms with E-state index in [1.807, 2.05) is 24.3 Å². The highest BCUT2D eigenvalue weighted by Gasteiger charge is 2.46. The molecule has 318 valence electrons. The van der Waals surface area contributed by atoms with Gasteiger partial charge in [-0.05, 0) is 145 Å². The standard InChI is InChI=1S/C45H58N10O5/c46-41(57)40-42(50-37(29-48-40)54-24-2-1-3-25-54)49-33-11-9-31(10-12-33)32-18-26-52(27-19-32)22-4-5-23-53(28-17-30-15-20-47-21-16-30)35-8-6-7-34-39(35)45(60)55(44(34)59)36-13-14-38(56)51-43(36)58/h6-12,29-30,32,36,47H,1-5,13-28H2,(H2,46,57)(H,49,50)(H,51,56,58). The molecule has 4 saturated heterocycles. The normalized spacial score (nSPS) is 20.6. The molecule has 0 radical (unpaired) electrons. The molecule has 15 heteroatoms. The van der Waals surface area contributed by atoms with E-state index in [0.717, 1.165) is 139 Å². The maximum absolute atomic E-state index is 14.0. The minimum atomic E-state index is -0.988. The third-order valence-electron chi connectivity index (χ3n) is 13.1. The van der Waals surface area contributed by atoms with Crippen molar-refractivity contribution in [1.82, 2.24) is 30.4 Å². The molecule has 0 spiro atoms. The summed E-state index contributed by atoms with van der Waals surface area (Å²) in [5.74, 6) is -0.322. The second kappa shape index (κ2) is 18.9. The lowest BCUT2D eigenvalue weighted by Crippen LogP contribution is -2.54. The molecule has 0 saturated carbocycles. The van der Waals surface area contributed by atoms with Crippen LogP contribution in [-0.2, 0) is 9.59 Å². The van der Waals surface area contributed by atoms with E-state index in [9.17, 15) is 24.0 Å². The van der Waals surface area contributed by atoms with Gasteiger partial charge in [0.1, 0.15) is 11.9 Å². The summed E-state index contributed by atoms with van der Waals surface area (Å²) in [4.78, 5) is 81.6. The second-order valence-electron chi connectivity index (χ2n) is 17.0. The summed E-state index contributed by atoms with van der Waals surface area (Å²) in [7, 11) is 0. The number of rotatable bonds is 15. The van der Waals surface area contributed by atoms with Crippen molar-refractivity contribution in [3.05, 3.63) is 71.0 Å². The van der Waals surface area contributed by atoms with Gasteiger partial charge in [-0.15, -0.1) is 0 Å². The minimum Gasteiger partial charge on any atom is -0.371 e. The van der Waals surface area contributed by atoms with E-state index in [1.165, 1.54) is 12.0 Å². The number of carbonyl (C=O) groups excluding carboxylic acids is 5. The van der Waals surface area contributed by atoms with Gasteiger partial charge < -0.3 is 31.1 Å². The lowest BCUT2D eigenvalue weighted by atomic mass is 9.89. The van der Waals surface area contributed by atoms with Crippen LogP contribution < -0.4 is 31.5 Å². The van der Waals surface area contributed by atoms with Crippen LogP contribution in [0.5, 0.6) is 0 Å². The number of aromatic nitrogens is 2. The number of piperidine rings is 4. The Bertz CT molecular complexity index is 2060. The van der Waals surface area contributed by atoms with Gasteiger partial charge in [-0.2, -0.15) is 0 Å². The molecule has 2 aromatic carbocycles. The van der Waals surface area contributed by atoms with Gasteiger partial charge in [0, 0.05) is 38.3 Å². The summed E-state index contributed by atoms with van der Waals surface area (Å²) in [5, 5.41) is 9.05. The first kappa shape index (κ1) is 41.3. The van der Waals surface area contributed by atoms with E-state index >= 15 is 0 Å². The zero-order valence-electron chi connectivity index (χ0n) is 34.5. The average molecular weight is 819 g/mol. The monoisotopic (exact) mass is 818 g/mol. The molecule has 0 bridgehead atoms. The Morgan fingerprint density at radius 2 is 1.63 bits per heavy atom. The first-order valence-electron chi connectivity index (χ1n) is 22.0. The number of primary amides is 1. The van der Waals surface area contributed by atoms with Gasteiger partial charge in [-0.1, -0.05) is 18.2 Å². The molecule has 5 amide bonds. The van der Waals surface area contributed by atoms with Crippen LogP contribution in [0.25, 0.3) is 0 Å². The van der Waals surface area contributed by atoms with Gasteiger partial charge in [0.25, 0.3) is 17.7 Å². The van der Waals surface area contributed by atoms with Crippen LogP contribution in [0.4, 0.5) is 23.0 Å². The van der Waals surface area contributed by atoms with E-state index < -0.39 is 29.7 Å². The van der Waals surface area contributed by atoms with Crippen LogP contribution >= 0.6 is 0 Å². The highest BCUT2D eigenvalue weighted by molar-refractivity contribution is 6.25. The molecule has 3 aromatic rings. The maximum atomic E-state index is 14.0. The summed E-state index contributed by atoms with van der Waals surface area (Å²) in [6.45, 7) is 8.45. The van der Waals surface area contributed by atoms with Crippen molar-refractivity contribution >= 4 is 52.5 Å². The fourth-order valence-electron chi connectivity index (χ4n) is 9.65. The number of nitrogens with one attached hydrogen (secondary N) is 3. The molecule has 5 aliphatic rings. The summed E-state index contributed by atoms with van der Waals surface area (Å²) < 4.78 is 0. The first-order valence-corrected chi connectivity index (χ1v) is 22.0. The smallest absolute Gasteiger partial charge is 0.271 e. The van der Waals surface area contributed by atoms with Crippen molar-refractivity contribution in [1.29, 1.82) is 0 Å². The number of nitrogens with zero attached hydrogens (tertiary/aromatic N) is 6. The van der Waals surface area contributed by atoms with Gasteiger partial charge in [-0.25, -0.2) is 9.97 Å². The fourth-order valence-corrected chi connectivity index (χ4v) is 9.65. The number of hydrogen-bond donors (Lipinski definition) is 4. The largest absolute Gasteiger partial charge is 0.371 e. The lowest BCUT2D eigenvalue weighted by molar-refractivity contribution is -0.136. The summed E-state index contributed by atoms with van der Waals surface area (Å²) in [5.41, 5.74) is 9.37. The summed E-state index contributed by atoms with van der Waals surface area (Å²) >= 11 is 0. The molecule has 60 heavy (non-hydrogen) atoms. The Kier molecular flexibility index (Phi) is 13.0. The molecule has 5 N–H and O–H groups in total. The van der Waals surface area contributed by atoms with Crippen LogP contribution in [0.1, 0.15) is 120 Å². The highest BCUT2D eigenvalue weighted by Crippen LogP contribution is 2.36. The van der Waals surface area contributed by atoms with Crippen molar-refractivity contribution in [3.8, 4) is 0 Å². The number of nitrogens with two attached hydrogens (primary N) is 1. The van der Waals surface area contributed by atoms with E-state index in [0.29, 0.717) is 28.8 Å². The molecule has 0 aliphatic carbocycles. The molecule has 4 fully saturated rings. The highest BCUT2D eigenvalue weighted by atomic mass is 16.2. The Morgan fingerprint density at radius 1 is 0.867 bits per heavy atom. The van der Waals surface area contributed by atoms with Crippen molar-refractivity contribution in [2.45, 2.75) is 89.0 Å². The summed E-state index contributed by atoms with van der Waals surface area (Å²) in [6.07, 6.45) is 12.6. The van der Waals surface area contributed by atoms with Crippen molar-refractivity contribution < 1.29 is 24.0 Å². The van der Waals surface area contributed by atoms with Crippen molar-refractivity contribution in [2.75, 3.05) is 74.0 Å². The molecule has 1 unspecified atom stereocenters.